The van der Waals surface area contributed by atoms with E-state index < -0.39 is 0 Å². The van der Waals surface area contributed by atoms with Crippen LogP contribution in [-0.2, 0) is 4.79 Å². The summed E-state index contributed by atoms with van der Waals surface area (Å²) in [5.41, 5.74) is 1.19. The van der Waals surface area contributed by atoms with E-state index in [0.717, 1.165) is 32.5 Å². The van der Waals surface area contributed by atoms with Gasteiger partial charge in [-0.25, -0.2) is 4.79 Å². The number of carbonyl (C=O) groups is 2. The number of nitrogens with one attached hydrogen (secondary N) is 3. The van der Waals surface area contributed by atoms with E-state index in [1.165, 1.54) is 10.5 Å². The van der Waals surface area contributed by atoms with Crippen molar-refractivity contribution in [1.29, 1.82) is 0 Å². The number of hydrogen-bond donors (Lipinski definition) is 3. The number of aliphatic imine (C=N–C) groups is 1. The summed E-state index contributed by atoms with van der Waals surface area (Å²) in [6.07, 6.45) is 2.11. The molecule has 9 heteroatoms. The second-order valence-corrected chi connectivity index (χ2v) is 6.35. The standard InChI is InChI=1S/C16H28N6O2.HI/c1-12(2)11-21-7-4-13(5-8-21)20-15(17-3)18-6-9-22-14(23)10-19-16(22)24;/h13H,1,4-11H2,2-3H3,(H,19,24)(H2,17,18,20);1H. The number of likely N-dealkylation sites (tertiary alicyclic amines) is 1. The molecule has 142 valence electrons. The maximum absolute atomic E-state index is 11.5. The lowest BCUT2D eigenvalue weighted by atomic mass is 10.0. The van der Waals surface area contributed by atoms with Gasteiger partial charge in [-0.15, -0.1) is 24.0 Å². The second-order valence-electron chi connectivity index (χ2n) is 6.35. The molecule has 2 heterocycles. The molecule has 0 aliphatic carbocycles. The number of nitrogens with zero attached hydrogens (tertiary/aromatic N) is 3. The zero-order valence-corrected chi connectivity index (χ0v) is 17.3. The van der Waals surface area contributed by atoms with Crippen LogP contribution in [0.4, 0.5) is 4.79 Å². The molecule has 0 aromatic heterocycles. The Morgan fingerprint density at radius 1 is 1.36 bits per heavy atom. The van der Waals surface area contributed by atoms with Crippen LogP contribution >= 0.6 is 24.0 Å². The summed E-state index contributed by atoms with van der Waals surface area (Å²) in [4.78, 5) is 30.8. The molecule has 0 aromatic carbocycles. The molecule has 0 aromatic rings. The van der Waals surface area contributed by atoms with Crippen molar-refractivity contribution in [3.8, 4) is 0 Å². The number of amides is 3. The summed E-state index contributed by atoms with van der Waals surface area (Å²) in [7, 11) is 1.72. The topological polar surface area (TPSA) is 89.1 Å². The van der Waals surface area contributed by atoms with Crippen LogP contribution in [0.2, 0.25) is 0 Å². The zero-order chi connectivity index (χ0) is 17.5. The van der Waals surface area contributed by atoms with Crippen molar-refractivity contribution in [2.75, 3.05) is 46.3 Å². The molecule has 0 bridgehead atoms. The number of carbonyl (C=O) groups excluding carboxylic acids is 2. The number of rotatable bonds is 6. The van der Waals surface area contributed by atoms with Crippen LogP contribution in [0, 0.1) is 0 Å². The lowest BCUT2D eigenvalue weighted by Gasteiger charge is -2.33. The Hall–Kier alpha value is -1.36. The minimum absolute atomic E-state index is 0. The van der Waals surface area contributed by atoms with Gasteiger partial charge < -0.3 is 16.0 Å². The van der Waals surface area contributed by atoms with E-state index in [2.05, 4.69) is 39.3 Å². The minimum Gasteiger partial charge on any atom is -0.355 e. The third-order valence-corrected chi connectivity index (χ3v) is 4.21. The van der Waals surface area contributed by atoms with Gasteiger partial charge in [0.05, 0.1) is 6.54 Å². The fourth-order valence-electron chi connectivity index (χ4n) is 2.97. The SMILES string of the molecule is C=C(C)CN1CCC(NC(=NC)NCCN2C(=O)CNC2=O)CC1.I. The van der Waals surface area contributed by atoms with Crippen molar-refractivity contribution in [3.05, 3.63) is 12.2 Å². The molecule has 0 saturated carbocycles. The first-order valence-corrected chi connectivity index (χ1v) is 8.41. The predicted molar refractivity (Wildman–Crippen MR) is 109 cm³/mol. The highest BCUT2D eigenvalue weighted by Gasteiger charge is 2.27. The maximum atomic E-state index is 11.5. The highest BCUT2D eigenvalue weighted by molar-refractivity contribution is 14.0. The maximum Gasteiger partial charge on any atom is 0.324 e. The summed E-state index contributed by atoms with van der Waals surface area (Å²) >= 11 is 0. The van der Waals surface area contributed by atoms with Gasteiger partial charge in [-0.1, -0.05) is 12.2 Å². The largest absolute Gasteiger partial charge is 0.355 e. The average molecular weight is 464 g/mol. The Morgan fingerprint density at radius 2 is 2.04 bits per heavy atom. The average Bonchev–Trinajstić information content (AvgIpc) is 2.87. The van der Waals surface area contributed by atoms with Crippen molar-refractivity contribution in [1.82, 2.24) is 25.8 Å². The van der Waals surface area contributed by atoms with Crippen molar-refractivity contribution in [2.45, 2.75) is 25.8 Å². The summed E-state index contributed by atoms with van der Waals surface area (Å²) in [6, 6.07) is 0.0592. The van der Waals surface area contributed by atoms with E-state index in [1.54, 1.807) is 7.05 Å². The monoisotopic (exact) mass is 464 g/mol. The normalized spacial score (nSPS) is 19.4. The third kappa shape index (κ3) is 6.81. The molecule has 2 fully saturated rings. The molecule has 0 spiro atoms. The van der Waals surface area contributed by atoms with Gasteiger partial charge in [0.1, 0.15) is 0 Å². The summed E-state index contributed by atoms with van der Waals surface area (Å²) in [5.74, 6) is 0.523. The van der Waals surface area contributed by atoms with Gasteiger partial charge in [-0.3, -0.25) is 19.6 Å². The Bertz CT molecular complexity index is 501. The molecule has 0 radical (unpaired) electrons. The van der Waals surface area contributed by atoms with Gasteiger partial charge >= 0.3 is 6.03 Å². The molecule has 2 saturated heterocycles. The number of urea groups is 1. The smallest absolute Gasteiger partial charge is 0.324 e. The lowest BCUT2D eigenvalue weighted by Crippen LogP contribution is -2.50. The molecule has 2 aliphatic rings. The van der Waals surface area contributed by atoms with E-state index >= 15 is 0 Å². The number of hydrogen-bond acceptors (Lipinski definition) is 4. The van der Waals surface area contributed by atoms with Gasteiger partial charge in [-0.05, 0) is 19.8 Å². The second kappa shape index (κ2) is 10.6. The molecule has 3 amide bonds. The molecule has 8 nitrogen and oxygen atoms in total. The van der Waals surface area contributed by atoms with Gasteiger partial charge in [0, 0.05) is 45.8 Å². The van der Waals surface area contributed by atoms with Crippen LogP contribution in [0.1, 0.15) is 19.8 Å². The van der Waals surface area contributed by atoms with Crippen molar-refractivity contribution < 1.29 is 9.59 Å². The lowest BCUT2D eigenvalue weighted by molar-refractivity contribution is -0.124. The van der Waals surface area contributed by atoms with Crippen LogP contribution in [0.15, 0.2) is 17.1 Å². The summed E-state index contributed by atoms with van der Waals surface area (Å²) in [6.45, 7) is 9.98. The quantitative estimate of drug-likeness (QED) is 0.174. The first kappa shape index (κ1) is 21.7. The Balaban J connectivity index is 0.00000312. The van der Waals surface area contributed by atoms with Crippen LogP contribution in [0.5, 0.6) is 0 Å². The third-order valence-electron chi connectivity index (χ3n) is 4.21. The zero-order valence-electron chi connectivity index (χ0n) is 15.0. The van der Waals surface area contributed by atoms with Crippen molar-refractivity contribution in [2.24, 2.45) is 4.99 Å². The van der Waals surface area contributed by atoms with E-state index in [4.69, 9.17) is 0 Å². The predicted octanol–water partition coefficient (Wildman–Crippen LogP) is 0.362. The van der Waals surface area contributed by atoms with E-state index in [1.807, 2.05) is 0 Å². The molecule has 3 N–H and O–H groups in total. The molecular weight excluding hydrogens is 435 g/mol. The molecular formula is C16H29IN6O2. The van der Waals surface area contributed by atoms with Gasteiger partial charge in [-0.2, -0.15) is 0 Å². The number of piperidine rings is 1. The number of halogens is 1. The molecule has 2 rings (SSSR count). The van der Waals surface area contributed by atoms with E-state index in [0.29, 0.717) is 25.1 Å². The van der Waals surface area contributed by atoms with E-state index in [9.17, 15) is 9.59 Å². The summed E-state index contributed by atoms with van der Waals surface area (Å²) in [5, 5.41) is 9.09. The van der Waals surface area contributed by atoms with Gasteiger partial charge in [0.15, 0.2) is 5.96 Å². The Kier molecular flexibility index (Phi) is 9.19. The van der Waals surface area contributed by atoms with Crippen LogP contribution in [-0.4, -0.2) is 80.1 Å². The van der Waals surface area contributed by atoms with Crippen LogP contribution in [0.3, 0.4) is 0 Å². The van der Waals surface area contributed by atoms with Gasteiger partial charge in [0.2, 0.25) is 5.91 Å². The summed E-state index contributed by atoms with van der Waals surface area (Å²) < 4.78 is 0. The number of imide groups is 1. The van der Waals surface area contributed by atoms with Gasteiger partial charge in [0.25, 0.3) is 0 Å². The molecule has 2 aliphatic heterocycles. The highest BCUT2D eigenvalue weighted by atomic mass is 127. The van der Waals surface area contributed by atoms with Crippen molar-refractivity contribution >= 4 is 41.9 Å². The van der Waals surface area contributed by atoms with E-state index in [-0.39, 0.29) is 42.5 Å². The fourth-order valence-corrected chi connectivity index (χ4v) is 2.97. The first-order valence-electron chi connectivity index (χ1n) is 8.41. The van der Waals surface area contributed by atoms with Crippen LogP contribution < -0.4 is 16.0 Å². The number of guanidine groups is 1. The first-order chi connectivity index (χ1) is 11.5. The fraction of sp³-hybridized carbons (Fsp3) is 0.688. The molecule has 0 atom stereocenters. The highest BCUT2D eigenvalue weighted by Crippen LogP contribution is 2.11. The van der Waals surface area contributed by atoms with Crippen molar-refractivity contribution in [3.63, 3.8) is 0 Å². The van der Waals surface area contributed by atoms with Crippen LogP contribution in [0.25, 0.3) is 0 Å². The minimum atomic E-state index is -0.324. The molecule has 0 unspecified atom stereocenters. The Labute approximate surface area is 166 Å². The Morgan fingerprint density at radius 3 is 2.56 bits per heavy atom. The molecule has 25 heavy (non-hydrogen) atoms.